The summed E-state index contributed by atoms with van der Waals surface area (Å²) in [7, 11) is 3.34. The highest BCUT2D eigenvalue weighted by atomic mass is 32.2. The van der Waals surface area contributed by atoms with Crippen molar-refractivity contribution < 1.29 is 14.3 Å². The Labute approximate surface area is 186 Å². The summed E-state index contributed by atoms with van der Waals surface area (Å²) in [6.45, 7) is 1.53. The maximum Gasteiger partial charge on any atom is 0.221 e. The van der Waals surface area contributed by atoms with Crippen LogP contribution in [-0.2, 0) is 16.3 Å². The van der Waals surface area contributed by atoms with Gasteiger partial charge >= 0.3 is 0 Å². The highest BCUT2D eigenvalue weighted by Gasteiger charge is 2.06. The minimum Gasteiger partial charge on any atom is -0.497 e. The minimum atomic E-state index is -0.0660. The second-order valence-corrected chi connectivity index (χ2v) is 8.75. The van der Waals surface area contributed by atoms with Crippen LogP contribution in [0.25, 0.3) is 0 Å². The van der Waals surface area contributed by atoms with Crippen LogP contribution in [0.4, 0.5) is 5.69 Å². The summed E-state index contributed by atoms with van der Waals surface area (Å²) in [6, 6.07) is 22.4. The lowest BCUT2D eigenvalue weighted by molar-refractivity contribution is -0.114. The van der Waals surface area contributed by atoms with E-state index in [1.54, 1.807) is 37.7 Å². The van der Waals surface area contributed by atoms with Crippen molar-refractivity contribution in [1.29, 1.82) is 0 Å². The first-order chi connectivity index (χ1) is 14.6. The number of ether oxygens (including phenoxy) is 2. The Hall–Kier alpha value is -2.57. The second-order valence-electron chi connectivity index (χ2n) is 6.65. The predicted octanol–water partition coefficient (Wildman–Crippen LogP) is 6.25. The Morgan fingerprint density at radius 3 is 1.57 bits per heavy atom. The Bertz CT molecular complexity index is 903. The molecule has 0 spiro atoms. The number of amides is 1. The van der Waals surface area contributed by atoms with E-state index in [9.17, 15) is 4.79 Å². The minimum absolute atomic E-state index is 0.0660. The fourth-order valence-corrected chi connectivity index (χ4v) is 4.54. The van der Waals surface area contributed by atoms with Gasteiger partial charge in [-0.15, -0.1) is 23.5 Å². The number of thioether (sulfide) groups is 2. The van der Waals surface area contributed by atoms with Crippen LogP contribution in [0.5, 0.6) is 11.5 Å². The number of hydrogen-bond acceptors (Lipinski definition) is 5. The molecule has 0 fully saturated rings. The molecule has 0 saturated carbocycles. The summed E-state index contributed by atoms with van der Waals surface area (Å²) < 4.78 is 10.4. The molecular formula is C24H25NO3S2. The summed E-state index contributed by atoms with van der Waals surface area (Å²) in [4.78, 5) is 13.9. The fraction of sp³-hybridized carbons (Fsp3) is 0.208. The monoisotopic (exact) mass is 439 g/mol. The molecule has 0 aliphatic heterocycles. The van der Waals surface area contributed by atoms with Crippen molar-refractivity contribution in [2.75, 3.05) is 19.5 Å². The van der Waals surface area contributed by atoms with Crippen molar-refractivity contribution in [3.63, 3.8) is 0 Å². The smallest absolute Gasteiger partial charge is 0.221 e. The Balaban J connectivity index is 1.70. The van der Waals surface area contributed by atoms with E-state index >= 15 is 0 Å². The van der Waals surface area contributed by atoms with Crippen LogP contribution >= 0.6 is 23.5 Å². The van der Waals surface area contributed by atoms with Crippen LogP contribution < -0.4 is 14.8 Å². The molecule has 3 aromatic carbocycles. The summed E-state index contributed by atoms with van der Waals surface area (Å²) in [5.74, 6) is 3.28. The van der Waals surface area contributed by atoms with E-state index in [1.807, 2.05) is 36.4 Å². The fourth-order valence-electron chi connectivity index (χ4n) is 2.88. The van der Waals surface area contributed by atoms with Gasteiger partial charge in [-0.3, -0.25) is 4.79 Å². The normalized spacial score (nSPS) is 10.5. The van der Waals surface area contributed by atoms with E-state index in [1.165, 1.54) is 27.8 Å². The van der Waals surface area contributed by atoms with Gasteiger partial charge in [0.15, 0.2) is 0 Å². The van der Waals surface area contributed by atoms with Gasteiger partial charge in [-0.2, -0.15) is 0 Å². The largest absolute Gasteiger partial charge is 0.497 e. The average Bonchev–Trinajstić information content (AvgIpc) is 2.76. The van der Waals surface area contributed by atoms with Crippen molar-refractivity contribution >= 4 is 35.1 Å². The second kappa shape index (κ2) is 11.0. The highest BCUT2D eigenvalue weighted by Crippen LogP contribution is 2.30. The first-order valence-electron chi connectivity index (χ1n) is 9.50. The Morgan fingerprint density at radius 2 is 1.20 bits per heavy atom. The Morgan fingerprint density at radius 1 is 0.767 bits per heavy atom. The summed E-state index contributed by atoms with van der Waals surface area (Å²) in [5, 5.41) is 2.92. The molecule has 0 aromatic heterocycles. The number of methoxy groups -OCH3 is 2. The molecule has 3 aromatic rings. The highest BCUT2D eigenvalue weighted by molar-refractivity contribution is 7.98. The lowest BCUT2D eigenvalue weighted by Crippen LogP contribution is -2.06. The lowest BCUT2D eigenvalue weighted by Gasteiger charge is -2.11. The van der Waals surface area contributed by atoms with Gasteiger partial charge in [0.25, 0.3) is 0 Å². The van der Waals surface area contributed by atoms with E-state index < -0.39 is 0 Å². The van der Waals surface area contributed by atoms with Gasteiger partial charge in [0, 0.05) is 33.9 Å². The van der Waals surface area contributed by atoms with Gasteiger partial charge in [-0.25, -0.2) is 0 Å². The van der Waals surface area contributed by atoms with Gasteiger partial charge in [-0.1, -0.05) is 6.07 Å². The van der Waals surface area contributed by atoms with Crippen LogP contribution in [0, 0.1) is 0 Å². The maximum atomic E-state index is 11.6. The third-order valence-electron chi connectivity index (χ3n) is 4.30. The molecule has 30 heavy (non-hydrogen) atoms. The number of hydrogen-bond donors (Lipinski definition) is 1. The standard InChI is InChI=1S/C24H25NO3S2/c1-17(26)25-20-13-18(15-29-23-8-4-21(27-2)5-9-23)12-19(14-20)16-30-24-10-6-22(28-3)7-11-24/h4-14H,15-16H2,1-3H3,(H,25,26). The number of carbonyl (C=O) groups excluding carboxylic acids is 1. The van der Waals surface area contributed by atoms with Crippen LogP contribution in [0.3, 0.4) is 0 Å². The van der Waals surface area contributed by atoms with Crippen LogP contribution in [-0.4, -0.2) is 20.1 Å². The van der Waals surface area contributed by atoms with Crippen LogP contribution in [0.1, 0.15) is 18.1 Å². The number of anilines is 1. The topological polar surface area (TPSA) is 47.6 Å². The molecule has 6 heteroatoms. The zero-order chi connectivity index (χ0) is 21.3. The molecule has 0 atom stereocenters. The SMILES string of the molecule is COc1ccc(SCc2cc(CSc3ccc(OC)cc3)cc(NC(C)=O)c2)cc1. The molecule has 0 bridgehead atoms. The van der Waals surface area contributed by atoms with Gasteiger partial charge in [0.1, 0.15) is 11.5 Å². The molecule has 0 radical (unpaired) electrons. The average molecular weight is 440 g/mol. The van der Waals surface area contributed by atoms with Gasteiger partial charge in [-0.05, 0) is 71.8 Å². The molecule has 0 aliphatic rings. The first-order valence-corrected chi connectivity index (χ1v) is 11.5. The summed E-state index contributed by atoms with van der Waals surface area (Å²) in [5.41, 5.74) is 3.18. The molecule has 0 unspecified atom stereocenters. The molecule has 0 saturated heterocycles. The summed E-state index contributed by atoms with van der Waals surface area (Å²) in [6.07, 6.45) is 0. The van der Waals surface area contributed by atoms with Crippen molar-refractivity contribution in [2.45, 2.75) is 28.2 Å². The van der Waals surface area contributed by atoms with Crippen molar-refractivity contribution in [3.8, 4) is 11.5 Å². The van der Waals surface area contributed by atoms with Crippen molar-refractivity contribution in [3.05, 3.63) is 77.9 Å². The van der Waals surface area contributed by atoms with E-state index in [4.69, 9.17) is 9.47 Å². The molecule has 1 N–H and O–H groups in total. The number of rotatable bonds is 9. The molecule has 0 heterocycles. The molecule has 156 valence electrons. The van der Waals surface area contributed by atoms with E-state index in [2.05, 4.69) is 35.6 Å². The zero-order valence-corrected chi connectivity index (χ0v) is 18.9. The number of nitrogens with one attached hydrogen (secondary N) is 1. The van der Waals surface area contributed by atoms with Crippen LogP contribution in [0.15, 0.2) is 76.5 Å². The van der Waals surface area contributed by atoms with Crippen molar-refractivity contribution in [1.82, 2.24) is 0 Å². The van der Waals surface area contributed by atoms with E-state index in [0.29, 0.717) is 0 Å². The Kier molecular flexibility index (Phi) is 8.11. The zero-order valence-electron chi connectivity index (χ0n) is 17.3. The molecule has 4 nitrogen and oxygen atoms in total. The van der Waals surface area contributed by atoms with Gasteiger partial charge in [0.2, 0.25) is 5.91 Å². The van der Waals surface area contributed by atoms with Gasteiger partial charge in [0.05, 0.1) is 14.2 Å². The molecule has 0 aliphatic carbocycles. The summed E-state index contributed by atoms with van der Waals surface area (Å²) >= 11 is 3.52. The predicted molar refractivity (Wildman–Crippen MR) is 126 cm³/mol. The lowest BCUT2D eigenvalue weighted by atomic mass is 10.1. The van der Waals surface area contributed by atoms with Gasteiger partial charge < -0.3 is 14.8 Å². The van der Waals surface area contributed by atoms with Crippen LogP contribution in [0.2, 0.25) is 0 Å². The first kappa shape index (κ1) is 22.1. The number of carbonyl (C=O) groups is 1. The van der Waals surface area contributed by atoms with E-state index in [-0.39, 0.29) is 5.91 Å². The molecule has 3 rings (SSSR count). The molecule has 1 amide bonds. The third-order valence-corrected chi connectivity index (χ3v) is 6.47. The number of benzene rings is 3. The third kappa shape index (κ3) is 6.75. The molecular weight excluding hydrogens is 414 g/mol. The quantitative estimate of drug-likeness (QED) is 0.400. The van der Waals surface area contributed by atoms with E-state index in [0.717, 1.165) is 28.7 Å². The van der Waals surface area contributed by atoms with Crippen molar-refractivity contribution in [2.24, 2.45) is 0 Å². The maximum absolute atomic E-state index is 11.6.